The Morgan fingerprint density at radius 2 is 2.00 bits per heavy atom. The molecule has 1 heterocycles. The van der Waals surface area contributed by atoms with Crippen molar-refractivity contribution in [2.75, 3.05) is 0 Å². The van der Waals surface area contributed by atoms with Gasteiger partial charge in [-0.05, 0) is 37.6 Å². The summed E-state index contributed by atoms with van der Waals surface area (Å²) in [4.78, 5) is 4.84. The third kappa shape index (κ3) is 2.93. The highest BCUT2D eigenvalue weighted by Crippen LogP contribution is 2.32. The first-order valence-electron chi connectivity index (χ1n) is 5.74. The fraction of sp³-hybridized carbons (Fsp3) is 0.143. The van der Waals surface area contributed by atoms with Crippen LogP contribution in [0.3, 0.4) is 0 Å². The zero-order valence-electron chi connectivity index (χ0n) is 10.7. The minimum atomic E-state index is -0.303. The molecule has 3 nitrogen and oxygen atoms in total. The lowest BCUT2D eigenvalue weighted by Crippen LogP contribution is -2.15. The molecule has 0 unspecified atom stereocenters. The van der Waals surface area contributed by atoms with Crippen molar-refractivity contribution in [3.8, 4) is 0 Å². The van der Waals surface area contributed by atoms with Crippen LogP contribution in [0.15, 0.2) is 40.3 Å². The summed E-state index contributed by atoms with van der Waals surface area (Å²) in [6, 6.07) is 8.35. The molecule has 0 fully saturated rings. The van der Waals surface area contributed by atoms with Crippen molar-refractivity contribution in [2.24, 2.45) is 5.73 Å². The number of rotatable bonds is 3. The molecule has 98 valence electrons. The predicted octanol–water partition coefficient (Wildman–Crippen LogP) is 3.27. The molecule has 0 saturated heterocycles. The summed E-state index contributed by atoms with van der Waals surface area (Å²) in [5.41, 5.74) is 7.86. The number of nitrogens with one attached hydrogen (secondary N) is 1. The zero-order chi connectivity index (χ0) is 14.0. The van der Waals surface area contributed by atoms with Crippen LogP contribution < -0.4 is 5.73 Å². The van der Waals surface area contributed by atoms with E-state index >= 15 is 0 Å². The number of nitrogens with two attached hydrogens (primary N) is 1. The Kier molecular flexibility index (Phi) is 3.85. The fourth-order valence-corrected chi connectivity index (χ4v) is 2.92. The molecule has 0 aliphatic carbocycles. The number of aromatic nitrogens is 1. The van der Waals surface area contributed by atoms with Gasteiger partial charge in [-0.25, -0.2) is 9.37 Å². The second kappa shape index (κ2) is 5.40. The summed E-state index contributed by atoms with van der Waals surface area (Å²) in [5.74, 6) is -0.355. The minimum Gasteiger partial charge on any atom is -0.384 e. The maximum Gasteiger partial charge on any atom is 0.137 e. The Morgan fingerprint density at radius 3 is 2.63 bits per heavy atom. The lowest BCUT2D eigenvalue weighted by Gasteiger charge is -2.11. The molecule has 0 aliphatic heterocycles. The number of pyridine rings is 1. The van der Waals surface area contributed by atoms with E-state index in [9.17, 15) is 4.39 Å². The van der Waals surface area contributed by atoms with E-state index < -0.39 is 0 Å². The van der Waals surface area contributed by atoms with Gasteiger partial charge in [0.2, 0.25) is 0 Å². The van der Waals surface area contributed by atoms with E-state index in [1.54, 1.807) is 18.2 Å². The number of halogens is 1. The topological polar surface area (TPSA) is 62.8 Å². The summed E-state index contributed by atoms with van der Waals surface area (Å²) < 4.78 is 13.7. The number of amidine groups is 1. The normalized spacial score (nSPS) is 10.5. The van der Waals surface area contributed by atoms with E-state index in [4.69, 9.17) is 11.1 Å². The van der Waals surface area contributed by atoms with Gasteiger partial charge in [-0.3, -0.25) is 5.41 Å². The number of nitrogens with zero attached hydrogens (tertiary/aromatic N) is 1. The number of aryl methyl sites for hydroxylation is 2. The number of hydrogen-bond acceptors (Lipinski definition) is 3. The molecule has 0 spiro atoms. The van der Waals surface area contributed by atoms with Gasteiger partial charge in [0.15, 0.2) is 0 Å². The molecule has 5 heteroatoms. The van der Waals surface area contributed by atoms with Crippen molar-refractivity contribution in [1.29, 1.82) is 5.41 Å². The minimum absolute atomic E-state index is 0.0520. The van der Waals surface area contributed by atoms with Crippen LogP contribution >= 0.6 is 11.8 Å². The SMILES string of the molecule is Cc1cc(C)c(C(=N)N)c(Sc2ccccc2F)n1. The molecule has 0 amide bonds. The number of nitrogen functional groups attached to an aromatic ring is 1. The smallest absolute Gasteiger partial charge is 0.137 e. The van der Waals surface area contributed by atoms with Crippen molar-refractivity contribution >= 4 is 17.6 Å². The van der Waals surface area contributed by atoms with Gasteiger partial charge in [0.1, 0.15) is 16.7 Å². The molecule has 1 aromatic carbocycles. The summed E-state index contributed by atoms with van der Waals surface area (Å²) >= 11 is 1.19. The Hall–Kier alpha value is -1.88. The molecule has 0 radical (unpaired) electrons. The Labute approximate surface area is 115 Å². The molecule has 0 bridgehead atoms. The Balaban J connectivity index is 2.51. The van der Waals surface area contributed by atoms with Crippen molar-refractivity contribution in [3.63, 3.8) is 0 Å². The molecule has 1 aromatic heterocycles. The number of hydrogen-bond donors (Lipinski definition) is 2. The lowest BCUT2D eigenvalue weighted by atomic mass is 10.1. The van der Waals surface area contributed by atoms with Crippen molar-refractivity contribution in [3.05, 3.63) is 53.0 Å². The molecule has 19 heavy (non-hydrogen) atoms. The van der Waals surface area contributed by atoms with Crippen molar-refractivity contribution < 1.29 is 4.39 Å². The molecule has 2 rings (SSSR count). The first kappa shape index (κ1) is 13.5. The van der Waals surface area contributed by atoms with E-state index in [-0.39, 0.29) is 11.7 Å². The monoisotopic (exact) mass is 275 g/mol. The summed E-state index contributed by atoms with van der Waals surface area (Å²) in [6.07, 6.45) is 0. The Morgan fingerprint density at radius 1 is 1.32 bits per heavy atom. The van der Waals surface area contributed by atoms with E-state index in [2.05, 4.69) is 4.98 Å². The second-order valence-corrected chi connectivity index (χ2v) is 5.24. The van der Waals surface area contributed by atoms with Crippen molar-refractivity contribution in [1.82, 2.24) is 4.98 Å². The average Bonchev–Trinajstić information content (AvgIpc) is 2.30. The standard InChI is InChI=1S/C14H14FN3S/c1-8-7-9(2)18-14(12(8)13(16)17)19-11-6-4-3-5-10(11)15/h3-7H,1-2H3,(H3,16,17). The molecule has 0 aliphatic rings. The molecule has 3 N–H and O–H groups in total. The summed E-state index contributed by atoms with van der Waals surface area (Å²) in [6.45, 7) is 3.74. The summed E-state index contributed by atoms with van der Waals surface area (Å²) in [7, 11) is 0. The quantitative estimate of drug-likeness (QED) is 0.667. The van der Waals surface area contributed by atoms with Gasteiger partial charge in [0.05, 0.1) is 5.56 Å². The van der Waals surface area contributed by atoms with Crippen molar-refractivity contribution in [2.45, 2.75) is 23.8 Å². The first-order valence-corrected chi connectivity index (χ1v) is 6.55. The highest BCUT2D eigenvalue weighted by molar-refractivity contribution is 7.99. The average molecular weight is 275 g/mol. The highest BCUT2D eigenvalue weighted by Gasteiger charge is 2.14. The van der Waals surface area contributed by atoms with Crippen LogP contribution in [0.5, 0.6) is 0 Å². The van der Waals surface area contributed by atoms with E-state index in [1.807, 2.05) is 19.9 Å². The third-order valence-electron chi connectivity index (χ3n) is 2.62. The van der Waals surface area contributed by atoms with Crippen LogP contribution in [0.25, 0.3) is 0 Å². The Bertz CT molecular complexity index is 641. The number of benzene rings is 1. The molecule has 0 atom stereocenters. The molecular weight excluding hydrogens is 261 g/mol. The van der Waals surface area contributed by atoms with Gasteiger partial charge in [-0.15, -0.1) is 0 Å². The molecule has 0 saturated carbocycles. The highest BCUT2D eigenvalue weighted by atomic mass is 32.2. The van der Waals surface area contributed by atoms with Gasteiger partial charge in [-0.2, -0.15) is 0 Å². The summed E-state index contributed by atoms with van der Waals surface area (Å²) in [5, 5.41) is 8.20. The van der Waals surface area contributed by atoms with E-state index in [0.29, 0.717) is 15.5 Å². The predicted molar refractivity (Wildman–Crippen MR) is 75.3 cm³/mol. The van der Waals surface area contributed by atoms with Gasteiger partial charge < -0.3 is 5.73 Å². The van der Waals surface area contributed by atoms with E-state index in [0.717, 1.165) is 11.3 Å². The fourth-order valence-electron chi connectivity index (χ4n) is 1.84. The van der Waals surface area contributed by atoms with Gasteiger partial charge in [0.25, 0.3) is 0 Å². The van der Waals surface area contributed by atoms with Crippen LogP contribution in [-0.4, -0.2) is 10.8 Å². The molecular formula is C14H14FN3S. The largest absolute Gasteiger partial charge is 0.384 e. The zero-order valence-corrected chi connectivity index (χ0v) is 11.5. The van der Waals surface area contributed by atoms with E-state index in [1.165, 1.54) is 17.8 Å². The van der Waals surface area contributed by atoms with Gasteiger partial charge in [-0.1, -0.05) is 23.9 Å². The first-order chi connectivity index (χ1) is 8.99. The maximum atomic E-state index is 13.7. The van der Waals surface area contributed by atoms with Crippen LogP contribution in [0, 0.1) is 25.1 Å². The maximum absolute atomic E-state index is 13.7. The van der Waals surface area contributed by atoms with Gasteiger partial charge >= 0.3 is 0 Å². The molecule has 2 aromatic rings. The lowest BCUT2D eigenvalue weighted by molar-refractivity contribution is 0.602. The van der Waals surface area contributed by atoms with Crippen LogP contribution in [0.2, 0.25) is 0 Å². The van der Waals surface area contributed by atoms with Gasteiger partial charge in [0, 0.05) is 10.6 Å². The third-order valence-corrected chi connectivity index (χ3v) is 3.66. The van der Waals surface area contributed by atoms with Crippen LogP contribution in [0.1, 0.15) is 16.8 Å². The van der Waals surface area contributed by atoms with Crippen LogP contribution in [-0.2, 0) is 0 Å². The second-order valence-electron chi connectivity index (χ2n) is 4.21. The van der Waals surface area contributed by atoms with Crippen LogP contribution in [0.4, 0.5) is 4.39 Å².